The molecule has 0 amide bonds. The molecule has 0 rings (SSSR count). The summed E-state index contributed by atoms with van der Waals surface area (Å²) in [6, 6.07) is 0. The average Bonchev–Trinajstić information content (AvgIpc) is 1.83. The molecule has 46 valence electrons. The predicted octanol–water partition coefficient (Wildman–Crippen LogP) is 1.47. The van der Waals surface area contributed by atoms with Crippen LogP contribution in [0.5, 0.6) is 0 Å². The van der Waals surface area contributed by atoms with Crippen LogP contribution >= 0.6 is 0 Å². The van der Waals surface area contributed by atoms with Gasteiger partial charge in [0.2, 0.25) is 0 Å². The molecule has 0 saturated heterocycles. The fourth-order valence-electron chi connectivity index (χ4n) is 0.417. The Morgan fingerprint density at radius 3 is 2.50 bits per heavy atom. The lowest BCUT2D eigenvalue weighted by molar-refractivity contribution is -0.125. The first-order chi connectivity index (χ1) is 3.85. The van der Waals surface area contributed by atoms with Crippen molar-refractivity contribution in [2.75, 3.05) is 0 Å². The molecule has 0 unspecified atom stereocenters. The van der Waals surface area contributed by atoms with Crippen molar-refractivity contribution in [1.82, 2.24) is 0 Å². The summed E-state index contributed by atoms with van der Waals surface area (Å²) >= 11 is 0. The zero-order chi connectivity index (χ0) is 6.41. The molecule has 0 spiro atoms. The van der Waals surface area contributed by atoms with Gasteiger partial charge in [0.05, 0.1) is 0 Å². The lowest BCUT2D eigenvalue weighted by Gasteiger charge is -1.95. The van der Waals surface area contributed by atoms with Gasteiger partial charge in [-0.1, -0.05) is 6.92 Å². The van der Waals surface area contributed by atoms with E-state index >= 15 is 0 Å². The highest BCUT2D eigenvalue weighted by Gasteiger charge is 1.86. The second kappa shape index (κ2) is 4.37. The van der Waals surface area contributed by atoms with Gasteiger partial charge in [-0.3, -0.25) is 4.79 Å². The number of rotatable bonds is 3. The Labute approximate surface area is 49.1 Å². The molecule has 0 aliphatic rings. The molecule has 2 heteroatoms. The summed E-state index contributed by atoms with van der Waals surface area (Å²) in [6.45, 7) is 4.21. The van der Waals surface area contributed by atoms with Crippen molar-refractivity contribution in [3.05, 3.63) is 11.8 Å². The highest BCUT2D eigenvalue weighted by molar-refractivity contribution is 5.39. The van der Waals surface area contributed by atoms with Gasteiger partial charge in [-0.15, -0.1) is 0 Å². The number of hydrogen-bond donors (Lipinski definition) is 0. The van der Waals surface area contributed by atoms with E-state index in [1.54, 1.807) is 6.08 Å². The minimum absolute atomic E-state index is 0.443. The fourth-order valence-corrected chi connectivity index (χ4v) is 0.417. The molecule has 0 radical (unpaired) electrons. The molecule has 0 aromatic rings. The van der Waals surface area contributed by atoms with Crippen molar-refractivity contribution in [2.45, 2.75) is 20.3 Å². The van der Waals surface area contributed by atoms with E-state index in [2.05, 4.69) is 4.74 Å². The number of ether oxygens (including phenoxy) is 1. The second-order valence-electron chi connectivity index (χ2n) is 1.32. The van der Waals surface area contributed by atoms with E-state index in [1.807, 2.05) is 13.8 Å². The lowest BCUT2D eigenvalue weighted by Crippen LogP contribution is -1.85. The first-order valence-electron chi connectivity index (χ1n) is 2.60. The van der Waals surface area contributed by atoms with E-state index in [1.165, 1.54) is 0 Å². The van der Waals surface area contributed by atoms with Gasteiger partial charge in [-0.2, -0.15) is 0 Å². The fraction of sp³-hybridized carbons (Fsp3) is 0.500. The number of carbonyl (C=O) groups is 1. The van der Waals surface area contributed by atoms with Crippen molar-refractivity contribution >= 4 is 6.47 Å². The standard InChI is InChI=1S/C6H10O2/c1-3-6(4-2)8-5-7/h3,5H,4H2,1-2H3/b6-3-. The molecule has 0 fully saturated rings. The summed E-state index contributed by atoms with van der Waals surface area (Å²) in [7, 11) is 0. The van der Waals surface area contributed by atoms with E-state index in [0.29, 0.717) is 6.47 Å². The maximum Gasteiger partial charge on any atom is 0.298 e. The van der Waals surface area contributed by atoms with Crippen molar-refractivity contribution in [3.63, 3.8) is 0 Å². The Morgan fingerprint density at radius 2 is 2.38 bits per heavy atom. The van der Waals surface area contributed by atoms with Crippen molar-refractivity contribution < 1.29 is 9.53 Å². The minimum atomic E-state index is 0.443. The number of hydrogen-bond acceptors (Lipinski definition) is 2. The van der Waals surface area contributed by atoms with Crippen LogP contribution < -0.4 is 0 Å². The maximum absolute atomic E-state index is 9.67. The summed E-state index contributed by atoms with van der Waals surface area (Å²) in [5, 5.41) is 0. The lowest BCUT2D eigenvalue weighted by atomic mass is 10.4. The third kappa shape index (κ3) is 2.39. The van der Waals surface area contributed by atoms with E-state index in [-0.39, 0.29) is 0 Å². The van der Waals surface area contributed by atoms with Gasteiger partial charge >= 0.3 is 0 Å². The van der Waals surface area contributed by atoms with Gasteiger partial charge < -0.3 is 4.74 Å². The van der Waals surface area contributed by atoms with Crippen molar-refractivity contribution in [3.8, 4) is 0 Å². The Hall–Kier alpha value is -0.790. The minimum Gasteiger partial charge on any atom is -0.434 e. The molecule has 0 aromatic heterocycles. The first kappa shape index (κ1) is 7.21. The van der Waals surface area contributed by atoms with Crippen molar-refractivity contribution in [1.29, 1.82) is 0 Å². The zero-order valence-electron chi connectivity index (χ0n) is 5.18. The van der Waals surface area contributed by atoms with Gasteiger partial charge in [0, 0.05) is 6.42 Å². The Balaban J connectivity index is 3.53. The van der Waals surface area contributed by atoms with Gasteiger partial charge in [0.15, 0.2) is 0 Å². The summed E-state index contributed by atoms with van der Waals surface area (Å²) < 4.78 is 4.52. The molecule has 0 bridgehead atoms. The normalized spacial score (nSPS) is 11.0. The highest BCUT2D eigenvalue weighted by atomic mass is 16.5. The van der Waals surface area contributed by atoms with Crippen LogP contribution in [-0.2, 0) is 9.53 Å². The van der Waals surface area contributed by atoms with Crippen LogP contribution in [0.15, 0.2) is 11.8 Å². The number of allylic oxidation sites excluding steroid dienone is 2. The Morgan fingerprint density at radius 1 is 1.75 bits per heavy atom. The van der Waals surface area contributed by atoms with E-state index in [4.69, 9.17) is 0 Å². The highest BCUT2D eigenvalue weighted by Crippen LogP contribution is 1.98. The van der Waals surface area contributed by atoms with Gasteiger partial charge in [-0.25, -0.2) is 0 Å². The third-order valence-electron chi connectivity index (χ3n) is 0.870. The SMILES string of the molecule is C/C=C(/CC)OC=O. The summed E-state index contributed by atoms with van der Waals surface area (Å²) in [4.78, 5) is 9.67. The van der Waals surface area contributed by atoms with Crippen molar-refractivity contribution in [2.24, 2.45) is 0 Å². The maximum atomic E-state index is 9.67. The van der Waals surface area contributed by atoms with E-state index < -0.39 is 0 Å². The molecular formula is C6H10O2. The van der Waals surface area contributed by atoms with Crippen LogP contribution in [0.2, 0.25) is 0 Å². The van der Waals surface area contributed by atoms with Gasteiger partial charge in [-0.05, 0) is 13.0 Å². The van der Waals surface area contributed by atoms with E-state index in [9.17, 15) is 4.79 Å². The monoisotopic (exact) mass is 114 g/mol. The quantitative estimate of drug-likeness (QED) is 0.410. The van der Waals surface area contributed by atoms with Crippen LogP contribution in [0.3, 0.4) is 0 Å². The summed E-state index contributed by atoms with van der Waals surface area (Å²) in [5.74, 6) is 0.722. The molecule has 0 heterocycles. The average molecular weight is 114 g/mol. The van der Waals surface area contributed by atoms with E-state index in [0.717, 1.165) is 12.2 Å². The molecule has 0 atom stereocenters. The second-order valence-corrected chi connectivity index (χ2v) is 1.32. The molecule has 0 aliphatic heterocycles. The molecule has 0 aliphatic carbocycles. The predicted molar refractivity (Wildman–Crippen MR) is 31.2 cm³/mol. The van der Waals surface area contributed by atoms with Gasteiger partial charge in [0.1, 0.15) is 5.76 Å². The smallest absolute Gasteiger partial charge is 0.298 e. The van der Waals surface area contributed by atoms with Gasteiger partial charge in [0.25, 0.3) is 6.47 Å². The third-order valence-corrected chi connectivity index (χ3v) is 0.870. The zero-order valence-corrected chi connectivity index (χ0v) is 5.18. The summed E-state index contributed by atoms with van der Waals surface area (Å²) in [6.07, 6.45) is 2.55. The number of carbonyl (C=O) groups excluding carboxylic acids is 1. The van der Waals surface area contributed by atoms with Crippen LogP contribution in [-0.4, -0.2) is 6.47 Å². The molecule has 0 N–H and O–H groups in total. The molecular weight excluding hydrogens is 104 g/mol. The topological polar surface area (TPSA) is 26.3 Å². The molecule has 2 nitrogen and oxygen atoms in total. The molecule has 0 aromatic carbocycles. The first-order valence-corrected chi connectivity index (χ1v) is 2.60. The van der Waals surface area contributed by atoms with Crippen LogP contribution in [0.1, 0.15) is 20.3 Å². The Kier molecular flexibility index (Phi) is 3.94. The molecule has 0 saturated carbocycles. The Bertz CT molecular complexity index is 94.7. The molecule has 8 heavy (non-hydrogen) atoms. The van der Waals surface area contributed by atoms with Crippen LogP contribution in [0.4, 0.5) is 0 Å². The largest absolute Gasteiger partial charge is 0.434 e. The summed E-state index contributed by atoms with van der Waals surface area (Å²) in [5.41, 5.74) is 0. The van der Waals surface area contributed by atoms with Crippen LogP contribution in [0, 0.1) is 0 Å². The van der Waals surface area contributed by atoms with Crippen LogP contribution in [0.25, 0.3) is 0 Å².